The number of nitrogens with one attached hydrogen (secondary N) is 1. The summed E-state index contributed by atoms with van der Waals surface area (Å²) < 4.78 is 0.982. The fourth-order valence-electron chi connectivity index (χ4n) is 2.61. The molecule has 7 heteroatoms. The van der Waals surface area contributed by atoms with Crippen molar-refractivity contribution in [2.75, 3.05) is 19.6 Å². The van der Waals surface area contributed by atoms with Crippen molar-refractivity contribution in [3.8, 4) is 0 Å². The van der Waals surface area contributed by atoms with Crippen LogP contribution in [0.5, 0.6) is 0 Å². The van der Waals surface area contributed by atoms with E-state index < -0.39 is 6.09 Å². The van der Waals surface area contributed by atoms with Crippen LogP contribution in [-0.4, -0.2) is 41.6 Å². The number of carbonyl (C=O) groups excluding carboxylic acids is 1. The Labute approximate surface area is 136 Å². The summed E-state index contributed by atoms with van der Waals surface area (Å²) in [6, 6.07) is 7.40. The fraction of sp³-hybridized carbons (Fsp3) is 0.333. The molecule has 0 aliphatic carbocycles. The van der Waals surface area contributed by atoms with E-state index in [1.807, 2.05) is 18.2 Å². The van der Waals surface area contributed by atoms with Gasteiger partial charge in [0, 0.05) is 29.4 Å². The van der Waals surface area contributed by atoms with Crippen molar-refractivity contribution in [2.24, 2.45) is 5.92 Å². The number of benzene rings is 1. The number of hydrogen-bond donors (Lipinski definition) is 2. The van der Waals surface area contributed by atoms with E-state index in [9.17, 15) is 9.59 Å². The summed E-state index contributed by atoms with van der Waals surface area (Å²) in [5, 5.41) is 13.5. The smallest absolute Gasteiger partial charge is 0.407 e. The van der Waals surface area contributed by atoms with E-state index in [0.29, 0.717) is 29.5 Å². The van der Waals surface area contributed by atoms with E-state index in [0.717, 1.165) is 16.5 Å². The lowest BCUT2D eigenvalue weighted by Crippen LogP contribution is -2.32. The van der Waals surface area contributed by atoms with Crippen LogP contribution in [0.2, 0.25) is 5.02 Å². The van der Waals surface area contributed by atoms with Crippen molar-refractivity contribution in [1.82, 2.24) is 10.2 Å². The molecule has 2 heterocycles. The molecule has 1 aromatic heterocycles. The SMILES string of the molecule is O=C(NC[C@H]1CCN(C(=O)O)C1)c1cc2ccc(Cl)cc2s1. The van der Waals surface area contributed by atoms with Gasteiger partial charge in [-0.3, -0.25) is 4.79 Å². The maximum atomic E-state index is 12.2. The van der Waals surface area contributed by atoms with Gasteiger partial charge in [0.1, 0.15) is 0 Å². The van der Waals surface area contributed by atoms with Crippen LogP contribution >= 0.6 is 22.9 Å². The average Bonchev–Trinajstić information content (AvgIpc) is 3.10. The van der Waals surface area contributed by atoms with Gasteiger partial charge in [-0.2, -0.15) is 0 Å². The van der Waals surface area contributed by atoms with Crippen molar-refractivity contribution in [3.63, 3.8) is 0 Å². The molecule has 22 heavy (non-hydrogen) atoms. The van der Waals surface area contributed by atoms with Gasteiger partial charge in [-0.1, -0.05) is 17.7 Å². The zero-order chi connectivity index (χ0) is 15.7. The molecular weight excluding hydrogens is 324 g/mol. The van der Waals surface area contributed by atoms with Crippen LogP contribution in [0.3, 0.4) is 0 Å². The number of fused-ring (bicyclic) bond motifs is 1. The molecule has 0 unspecified atom stereocenters. The Balaban J connectivity index is 1.60. The largest absolute Gasteiger partial charge is 0.465 e. The molecule has 2 amide bonds. The third-order valence-corrected chi connectivity index (χ3v) is 5.15. The number of likely N-dealkylation sites (tertiary alicyclic amines) is 1. The molecule has 1 aliphatic rings. The summed E-state index contributed by atoms with van der Waals surface area (Å²) >= 11 is 7.35. The highest BCUT2D eigenvalue weighted by atomic mass is 35.5. The normalized spacial score (nSPS) is 17.9. The predicted octanol–water partition coefficient (Wildman–Crippen LogP) is 3.28. The van der Waals surface area contributed by atoms with Gasteiger partial charge in [-0.15, -0.1) is 11.3 Å². The third-order valence-electron chi connectivity index (χ3n) is 3.81. The Kier molecular flexibility index (Phi) is 4.22. The Morgan fingerprint density at radius 2 is 2.23 bits per heavy atom. The Bertz CT molecular complexity index is 731. The number of rotatable bonds is 3. The Hall–Kier alpha value is -1.79. The first kappa shape index (κ1) is 15.1. The first-order chi connectivity index (χ1) is 10.5. The molecule has 2 aromatic rings. The quantitative estimate of drug-likeness (QED) is 0.902. The van der Waals surface area contributed by atoms with Gasteiger partial charge in [0.05, 0.1) is 4.88 Å². The van der Waals surface area contributed by atoms with Crippen molar-refractivity contribution >= 4 is 45.0 Å². The lowest BCUT2D eigenvalue weighted by molar-refractivity contribution is 0.0952. The molecule has 1 fully saturated rings. The van der Waals surface area contributed by atoms with Crippen LogP contribution in [0, 0.1) is 5.92 Å². The van der Waals surface area contributed by atoms with Crippen LogP contribution < -0.4 is 5.32 Å². The lowest BCUT2D eigenvalue weighted by Gasteiger charge is -2.12. The molecule has 0 spiro atoms. The molecule has 0 radical (unpaired) electrons. The second-order valence-corrected chi connectivity index (χ2v) is 6.91. The minimum absolute atomic E-state index is 0.119. The standard InChI is InChI=1S/C15H15ClN2O3S/c16-11-2-1-10-5-13(22-12(10)6-11)14(19)17-7-9-3-4-18(8-9)15(20)21/h1-2,5-6,9H,3-4,7-8H2,(H,17,19)(H,20,21)/t9-/m1/s1. The van der Waals surface area contributed by atoms with Crippen LogP contribution in [0.1, 0.15) is 16.1 Å². The zero-order valence-corrected chi connectivity index (χ0v) is 13.3. The number of thiophene rings is 1. The van der Waals surface area contributed by atoms with Gasteiger partial charge in [-0.05, 0) is 35.9 Å². The van der Waals surface area contributed by atoms with Gasteiger partial charge in [0.15, 0.2) is 0 Å². The Morgan fingerprint density at radius 3 is 2.95 bits per heavy atom. The van der Waals surface area contributed by atoms with Gasteiger partial charge < -0.3 is 15.3 Å². The molecule has 2 N–H and O–H groups in total. The first-order valence-corrected chi connectivity index (χ1v) is 8.17. The molecule has 1 saturated heterocycles. The van der Waals surface area contributed by atoms with Crippen molar-refractivity contribution < 1.29 is 14.7 Å². The van der Waals surface area contributed by atoms with Crippen molar-refractivity contribution in [3.05, 3.63) is 34.2 Å². The molecular formula is C15H15ClN2O3S. The second-order valence-electron chi connectivity index (χ2n) is 5.39. The van der Waals surface area contributed by atoms with Crippen LogP contribution in [0.15, 0.2) is 24.3 Å². The molecule has 0 saturated carbocycles. The number of amides is 2. The molecule has 1 aromatic carbocycles. The second kappa shape index (κ2) is 6.14. The minimum Gasteiger partial charge on any atom is -0.465 e. The van der Waals surface area contributed by atoms with Gasteiger partial charge >= 0.3 is 6.09 Å². The number of hydrogen-bond acceptors (Lipinski definition) is 3. The highest BCUT2D eigenvalue weighted by Gasteiger charge is 2.26. The monoisotopic (exact) mass is 338 g/mol. The highest BCUT2D eigenvalue weighted by molar-refractivity contribution is 7.20. The summed E-state index contributed by atoms with van der Waals surface area (Å²) in [5.74, 6) is 0.0648. The Morgan fingerprint density at radius 1 is 1.41 bits per heavy atom. The first-order valence-electron chi connectivity index (χ1n) is 6.98. The summed E-state index contributed by atoms with van der Waals surface area (Å²) in [7, 11) is 0. The van der Waals surface area contributed by atoms with Crippen LogP contribution in [0.25, 0.3) is 10.1 Å². The van der Waals surface area contributed by atoms with E-state index in [1.54, 1.807) is 6.07 Å². The van der Waals surface area contributed by atoms with E-state index >= 15 is 0 Å². The van der Waals surface area contributed by atoms with Crippen molar-refractivity contribution in [2.45, 2.75) is 6.42 Å². The maximum Gasteiger partial charge on any atom is 0.407 e. The van der Waals surface area contributed by atoms with E-state index in [-0.39, 0.29) is 11.8 Å². The fourth-order valence-corrected chi connectivity index (χ4v) is 3.87. The average molecular weight is 339 g/mol. The number of halogens is 1. The van der Waals surface area contributed by atoms with Gasteiger partial charge in [0.25, 0.3) is 5.91 Å². The number of carbonyl (C=O) groups is 2. The van der Waals surface area contributed by atoms with Gasteiger partial charge in [-0.25, -0.2) is 4.79 Å². The summed E-state index contributed by atoms with van der Waals surface area (Å²) in [6.45, 7) is 1.52. The van der Waals surface area contributed by atoms with E-state index in [2.05, 4.69) is 5.32 Å². The molecule has 3 rings (SSSR count). The topological polar surface area (TPSA) is 69.6 Å². The van der Waals surface area contributed by atoms with Crippen LogP contribution in [-0.2, 0) is 0 Å². The maximum absolute atomic E-state index is 12.2. The predicted molar refractivity (Wildman–Crippen MR) is 86.9 cm³/mol. The summed E-state index contributed by atoms with van der Waals surface area (Å²) in [5.41, 5.74) is 0. The molecule has 5 nitrogen and oxygen atoms in total. The molecule has 116 valence electrons. The molecule has 0 bridgehead atoms. The third kappa shape index (κ3) is 3.18. The lowest BCUT2D eigenvalue weighted by atomic mass is 10.1. The van der Waals surface area contributed by atoms with E-state index in [1.165, 1.54) is 16.2 Å². The number of nitrogens with zero attached hydrogens (tertiary/aromatic N) is 1. The zero-order valence-electron chi connectivity index (χ0n) is 11.7. The summed E-state index contributed by atoms with van der Waals surface area (Å²) in [6.07, 6.45) is -0.107. The molecule has 1 aliphatic heterocycles. The summed E-state index contributed by atoms with van der Waals surface area (Å²) in [4.78, 5) is 25.1. The minimum atomic E-state index is -0.893. The molecule has 1 atom stereocenters. The van der Waals surface area contributed by atoms with E-state index in [4.69, 9.17) is 16.7 Å². The van der Waals surface area contributed by atoms with Gasteiger partial charge in [0.2, 0.25) is 0 Å². The highest BCUT2D eigenvalue weighted by Crippen LogP contribution is 2.28. The van der Waals surface area contributed by atoms with Crippen molar-refractivity contribution in [1.29, 1.82) is 0 Å². The number of carboxylic acid groups (broad SMARTS) is 1. The van der Waals surface area contributed by atoms with Crippen LogP contribution in [0.4, 0.5) is 4.79 Å².